The Hall–Kier alpha value is -1.71. The lowest BCUT2D eigenvalue weighted by Gasteiger charge is -2.33. The molecule has 2 amide bonds. The van der Waals surface area contributed by atoms with E-state index in [0.29, 0.717) is 12.8 Å². The molecule has 1 aliphatic rings. The van der Waals surface area contributed by atoms with Crippen molar-refractivity contribution >= 4 is 23.1 Å². The Labute approximate surface area is 119 Å². The quantitative estimate of drug-likeness (QED) is 0.515. The third-order valence-electron chi connectivity index (χ3n) is 2.87. The van der Waals surface area contributed by atoms with Crippen LogP contribution in [0.3, 0.4) is 0 Å². The van der Waals surface area contributed by atoms with Crippen LogP contribution < -0.4 is 5.32 Å². The summed E-state index contributed by atoms with van der Waals surface area (Å²) in [7, 11) is 0. The van der Waals surface area contributed by atoms with Crippen LogP contribution in [0.25, 0.3) is 0 Å². The van der Waals surface area contributed by atoms with Crippen molar-refractivity contribution in [2.75, 3.05) is 12.4 Å². The average Bonchev–Trinajstić information content (AvgIpc) is 2.78. The van der Waals surface area contributed by atoms with Crippen molar-refractivity contribution < 1.29 is 24.6 Å². The molecule has 0 aromatic carbocycles. The third-order valence-corrected chi connectivity index (χ3v) is 3.73. The van der Waals surface area contributed by atoms with Crippen LogP contribution in [0.15, 0.2) is 0 Å². The number of carbonyl (C=O) groups excluding carboxylic acids is 1. The van der Waals surface area contributed by atoms with Gasteiger partial charge in [0.15, 0.2) is 0 Å². The number of amides is 2. The van der Waals surface area contributed by atoms with Crippen molar-refractivity contribution in [3.63, 3.8) is 0 Å². The summed E-state index contributed by atoms with van der Waals surface area (Å²) < 4.78 is 0. The molecule has 0 aliphatic carbocycles. The lowest BCUT2D eigenvalue weighted by atomic mass is 10.1. The lowest BCUT2D eigenvalue weighted by molar-refractivity contribution is -0.758. The number of carbonyl (C=O) groups is 2. The molecule has 1 aliphatic heterocycles. The maximum absolute atomic E-state index is 11.4. The molecule has 1 heterocycles. The summed E-state index contributed by atoms with van der Waals surface area (Å²) >= 11 is 0.987. The Balaban J connectivity index is 2.77. The van der Waals surface area contributed by atoms with Gasteiger partial charge in [-0.15, -0.1) is 10.1 Å². The fraction of sp³-hybridized carbons (Fsp3) is 0.800. The van der Waals surface area contributed by atoms with Gasteiger partial charge < -0.3 is 15.3 Å². The zero-order valence-corrected chi connectivity index (χ0v) is 11.8. The second kappa shape index (κ2) is 7.78. The normalized spacial score (nSPS) is 19.2. The van der Waals surface area contributed by atoms with E-state index in [0.717, 1.165) is 23.1 Å². The van der Waals surface area contributed by atoms with Crippen molar-refractivity contribution in [3.8, 4) is 0 Å². The van der Waals surface area contributed by atoms with Gasteiger partial charge in [-0.3, -0.25) is 9.69 Å². The summed E-state index contributed by atoms with van der Waals surface area (Å²) in [5.74, 6) is 0.284. The highest BCUT2D eigenvalue weighted by molar-refractivity contribution is 8.13. The van der Waals surface area contributed by atoms with E-state index < -0.39 is 23.4 Å². The minimum Gasteiger partial charge on any atom is -0.465 e. The average molecular weight is 307 g/mol. The molecule has 0 radical (unpaired) electrons. The molecule has 114 valence electrons. The van der Waals surface area contributed by atoms with Gasteiger partial charge >= 0.3 is 6.09 Å². The first-order chi connectivity index (χ1) is 9.45. The fourth-order valence-corrected chi connectivity index (χ4v) is 2.73. The van der Waals surface area contributed by atoms with E-state index in [9.17, 15) is 24.8 Å². The zero-order valence-electron chi connectivity index (χ0n) is 11.0. The van der Waals surface area contributed by atoms with Crippen molar-refractivity contribution in [1.82, 2.24) is 10.2 Å². The maximum Gasteiger partial charge on any atom is 0.409 e. The highest BCUT2D eigenvalue weighted by atomic mass is 32.2. The summed E-state index contributed by atoms with van der Waals surface area (Å²) in [6.45, 7) is 1.60. The smallest absolute Gasteiger partial charge is 0.409 e. The molecule has 0 saturated carbocycles. The van der Waals surface area contributed by atoms with Gasteiger partial charge in [0, 0.05) is 5.75 Å². The topological polar surface area (TPSA) is 122 Å². The Morgan fingerprint density at radius 2 is 2.45 bits per heavy atom. The van der Waals surface area contributed by atoms with Gasteiger partial charge in [0.1, 0.15) is 12.8 Å². The van der Waals surface area contributed by atoms with E-state index in [-0.39, 0.29) is 17.6 Å². The van der Waals surface area contributed by atoms with Crippen LogP contribution in [-0.2, 0) is 4.84 Å². The molecule has 1 fully saturated rings. The van der Waals surface area contributed by atoms with Gasteiger partial charge in [0.2, 0.25) is 0 Å². The van der Waals surface area contributed by atoms with Crippen LogP contribution in [0.2, 0.25) is 0 Å². The molecule has 1 saturated heterocycles. The van der Waals surface area contributed by atoms with E-state index in [4.69, 9.17) is 0 Å². The van der Waals surface area contributed by atoms with E-state index in [1.54, 1.807) is 0 Å². The first-order valence-corrected chi connectivity index (χ1v) is 7.16. The number of unbranched alkanes of at least 4 members (excludes halogenated alkanes) is 1. The van der Waals surface area contributed by atoms with Gasteiger partial charge in [-0.2, -0.15) is 0 Å². The highest BCUT2D eigenvalue weighted by Crippen LogP contribution is 2.21. The molecule has 0 aromatic heterocycles. The predicted molar refractivity (Wildman–Crippen MR) is 70.9 cm³/mol. The SMILES string of the molecule is CCCC[C@@H](CO[N+](=O)[O-])N(C(=O)O)[C@@H]1CSC(=O)N1. The fourth-order valence-electron chi connectivity index (χ4n) is 1.96. The molecule has 9 nitrogen and oxygen atoms in total. The number of thioether (sulfide) groups is 1. The van der Waals surface area contributed by atoms with E-state index in [1.165, 1.54) is 0 Å². The molecule has 0 bridgehead atoms. The molecule has 2 atom stereocenters. The number of nitrogens with one attached hydrogen (secondary N) is 1. The number of hydrogen-bond donors (Lipinski definition) is 2. The number of rotatable bonds is 8. The summed E-state index contributed by atoms with van der Waals surface area (Å²) in [4.78, 5) is 38.2. The summed E-state index contributed by atoms with van der Waals surface area (Å²) in [6.07, 6.45) is 0.0682. The van der Waals surface area contributed by atoms with Gasteiger partial charge in [0.25, 0.3) is 10.3 Å². The molecular formula is C10H17N3O6S. The molecule has 0 spiro atoms. The monoisotopic (exact) mass is 307 g/mol. The number of hydrogen-bond acceptors (Lipinski definition) is 6. The third kappa shape index (κ3) is 4.76. The first-order valence-electron chi connectivity index (χ1n) is 6.17. The standard InChI is InChI=1S/C10H17N3O6S/c1-2-3-4-7(5-19-13(17)18)12(10(15)16)8-6-20-9(14)11-8/h7-8H,2-6H2,1H3,(H,11,14)(H,15,16)/t7-,8+/m0/s1. The highest BCUT2D eigenvalue weighted by Gasteiger charge is 2.35. The van der Waals surface area contributed by atoms with Crippen LogP contribution in [0.4, 0.5) is 9.59 Å². The Kier molecular flexibility index (Phi) is 6.36. The molecule has 20 heavy (non-hydrogen) atoms. The summed E-state index contributed by atoms with van der Waals surface area (Å²) in [5, 5.41) is 20.9. The Morgan fingerprint density at radius 1 is 1.75 bits per heavy atom. The minimum atomic E-state index is -1.23. The van der Waals surface area contributed by atoms with E-state index in [2.05, 4.69) is 10.2 Å². The van der Waals surface area contributed by atoms with Crippen molar-refractivity contribution in [2.45, 2.75) is 38.4 Å². The molecule has 0 aromatic rings. The minimum absolute atomic E-state index is 0.284. The Morgan fingerprint density at radius 3 is 2.90 bits per heavy atom. The Bertz CT molecular complexity index is 380. The van der Waals surface area contributed by atoms with Gasteiger partial charge in [0.05, 0.1) is 6.04 Å². The van der Waals surface area contributed by atoms with Crippen molar-refractivity contribution in [1.29, 1.82) is 0 Å². The van der Waals surface area contributed by atoms with E-state index >= 15 is 0 Å². The molecule has 10 heteroatoms. The van der Waals surface area contributed by atoms with Crippen LogP contribution in [0, 0.1) is 10.1 Å². The second-order valence-electron chi connectivity index (χ2n) is 4.26. The van der Waals surface area contributed by atoms with Crippen LogP contribution in [-0.4, -0.2) is 51.0 Å². The second-order valence-corrected chi connectivity index (χ2v) is 5.26. The largest absolute Gasteiger partial charge is 0.465 e. The molecule has 0 unspecified atom stereocenters. The number of carboxylic acid groups (broad SMARTS) is 1. The van der Waals surface area contributed by atoms with Gasteiger partial charge in [-0.25, -0.2) is 4.79 Å². The van der Waals surface area contributed by atoms with Gasteiger partial charge in [-0.1, -0.05) is 31.5 Å². The first kappa shape index (κ1) is 16.3. The van der Waals surface area contributed by atoms with Crippen LogP contribution in [0.5, 0.6) is 0 Å². The predicted octanol–water partition coefficient (Wildman–Crippen LogP) is 1.52. The van der Waals surface area contributed by atoms with Crippen molar-refractivity contribution in [3.05, 3.63) is 10.1 Å². The summed E-state index contributed by atoms with van der Waals surface area (Å²) in [5.41, 5.74) is 0. The van der Waals surface area contributed by atoms with E-state index in [1.807, 2.05) is 6.92 Å². The molecular weight excluding hydrogens is 290 g/mol. The van der Waals surface area contributed by atoms with Gasteiger partial charge in [-0.05, 0) is 6.42 Å². The maximum atomic E-state index is 11.4. The zero-order chi connectivity index (χ0) is 15.1. The molecule has 1 rings (SSSR count). The summed E-state index contributed by atoms with van der Waals surface area (Å²) in [6, 6.07) is -0.665. The van der Waals surface area contributed by atoms with Crippen LogP contribution in [0.1, 0.15) is 26.2 Å². The van der Waals surface area contributed by atoms with Crippen molar-refractivity contribution in [2.24, 2.45) is 0 Å². The van der Waals surface area contributed by atoms with Crippen LogP contribution >= 0.6 is 11.8 Å². The lowest BCUT2D eigenvalue weighted by Crippen LogP contribution is -2.54. The number of nitrogens with zero attached hydrogens (tertiary/aromatic N) is 2. The molecule has 2 N–H and O–H groups in total.